The quantitative estimate of drug-likeness (QED) is 0.844. The second-order valence-electron chi connectivity index (χ2n) is 6.82. The predicted molar refractivity (Wildman–Crippen MR) is 92.1 cm³/mol. The molecule has 24 heavy (non-hydrogen) atoms. The number of aromatic nitrogens is 1. The number of anilines is 1. The molecular weight excluding hydrogens is 306 g/mol. The van der Waals surface area contributed by atoms with Gasteiger partial charge in [0.2, 0.25) is 5.91 Å². The molecular formula is C18H27N3O3. The van der Waals surface area contributed by atoms with Crippen molar-refractivity contribution in [3.63, 3.8) is 0 Å². The average molecular weight is 333 g/mol. The summed E-state index contributed by atoms with van der Waals surface area (Å²) in [5, 5.41) is 0. The van der Waals surface area contributed by atoms with Crippen LogP contribution in [-0.2, 0) is 14.3 Å². The van der Waals surface area contributed by atoms with Crippen LogP contribution in [0.25, 0.3) is 0 Å². The van der Waals surface area contributed by atoms with E-state index in [4.69, 9.17) is 9.47 Å². The van der Waals surface area contributed by atoms with E-state index >= 15 is 0 Å². The van der Waals surface area contributed by atoms with Crippen LogP contribution in [0.5, 0.6) is 0 Å². The summed E-state index contributed by atoms with van der Waals surface area (Å²) in [6, 6.07) is 4.11. The number of nitrogens with zero attached hydrogens (tertiary/aromatic N) is 3. The van der Waals surface area contributed by atoms with E-state index in [-0.39, 0.29) is 17.9 Å². The standard InChI is InChI=1S/C18H27N3O3/c1-13-10-15(20(2)3)11-16(19-13)17-12-21(6-9-24-17)18(22)14-4-7-23-8-5-14/h10-11,14,17H,4-9,12H2,1-3H3/t17-/m1/s1. The van der Waals surface area contributed by atoms with Gasteiger partial charge in [0.15, 0.2) is 0 Å². The number of carbonyl (C=O) groups is 1. The molecule has 1 amide bonds. The molecule has 3 heterocycles. The van der Waals surface area contributed by atoms with Crippen molar-refractivity contribution in [3.8, 4) is 0 Å². The minimum Gasteiger partial charge on any atom is -0.381 e. The normalized spacial score (nSPS) is 22.5. The lowest BCUT2D eigenvalue weighted by Gasteiger charge is -2.36. The summed E-state index contributed by atoms with van der Waals surface area (Å²) in [6.45, 7) is 5.18. The number of amides is 1. The zero-order valence-electron chi connectivity index (χ0n) is 14.8. The van der Waals surface area contributed by atoms with Gasteiger partial charge in [-0.1, -0.05) is 0 Å². The highest BCUT2D eigenvalue weighted by atomic mass is 16.5. The Morgan fingerprint density at radius 3 is 2.71 bits per heavy atom. The van der Waals surface area contributed by atoms with Gasteiger partial charge in [-0.25, -0.2) is 0 Å². The molecule has 2 saturated heterocycles. The third-order valence-corrected chi connectivity index (χ3v) is 4.75. The first-order chi connectivity index (χ1) is 11.5. The molecule has 0 N–H and O–H groups in total. The Labute approximate surface area is 143 Å². The molecule has 0 radical (unpaired) electrons. The number of carbonyl (C=O) groups excluding carboxylic acids is 1. The minimum absolute atomic E-state index is 0.0975. The van der Waals surface area contributed by atoms with Crippen molar-refractivity contribution >= 4 is 11.6 Å². The van der Waals surface area contributed by atoms with E-state index in [1.807, 2.05) is 25.9 Å². The summed E-state index contributed by atoms with van der Waals surface area (Å²) >= 11 is 0. The van der Waals surface area contributed by atoms with Gasteiger partial charge in [0.25, 0.3) is 0 Å². The molecule has 0 saturated carbocycles. The zero-order chi connectivity index (χ0) is 17.1. The lowest BCUT2D eigenvalue weighted by atomic mass is 9.98. The highest BCUT2D eigenvalue weighted by molar-refractivity contribution is 5.79. The van der Waals surface area contributed by atoms with E-state index < -0.39 is 0 Å². The Morgan fingerprint density at radius 2 is 2.00 bits per heavy atom. The van der Waals surface area contributed by atoms with Crippen LogP contribution in [0.1, 0.15) is 30.3 Å². The first kappa shape index (κ1) is 17.2. The van der Waals surface area contributed by atoms with Crippen molar-refractivity contribution in [1.29, 1.82) is 0 Å². The molecule has 0 bridgehead atoms. The summed E-state index contributed by atoms with van der Waals surface area (Å²) in [7, 11) is 4.03. The first-order valence-electron chi connectivity index (χ1n) is 8.68. The zero-order valence-corrected chi connectivity index (χ0v) is 14.8. The predicted octanol–water partition coefficient (Wildman–Crippen LogP) is 1.78. The van der Waals surface area contributed by atoms with Crippen molar-refractivity contribution < 1.29 is 14.3 Å². The molecule has 6 nitrogen and oxygen atoms in total. The van der Waals surface area contributed by atoms with Gasteiger partial charge < -0.3 is 19.3 Å². The number of rotatable bonds is 3. The van der Waals surface area contributed by atoms with Crippen LogP contribution < -0.4 is 4.90 Å². The number of pyridine rings is 1. The SMILES string of the molecule is Cc1cc(N(C)C)cc([C@H]2CN(C(=O)C3CCOCC3)CCO2)n1. The Kier molecular flexibility index (Phi) is 5.36. The Bertz CT molecular complexity index is 585. The molecule has 0 unspecified atom stereocenters. The van der Waals surface area contributed by atoms with Crippen molar-refractivity contribution in [1.82, 2.24) is 9.88 Å². The Morgan fingerprint density at radius 1 is 1.25 bits per heavy atom. The highest BCUT2D eigenvalue weighted by Crippen LogP contribution is 2.27. The fraction of sp³-hybridized carbons (Fsp3) is 0.667. The van der Waals surface area contributed by atoms with Crippen LogP contribution >= 0.6 is 0 Å². The summed E-state index contributed by atoms with van der Waals surface area (Å²) < 4.78 is 11.3. The maximum absolute atomic E-state index is 12.8. The molecule has 1 atom stereocenters. The fourth-order valence-electron chi connectivity index (χ4n) is 3.33. The molecule has 6 heteroatoms. The molecule has 0 aromatic carbocycles. The lowest BCUT2D eigenvalue weighted by Crippen LogP contribution is -2.46. The maximum atomic E-state index is 12.8. The Hall–Kier alpha value is -1.66. The monoisotopic (exact) mass is 333 g/mol. The van der Waals surface area contributed by atoms with Gasteiger partial charge >= 0.3 is 0 Å². The van der Waals surface area contributed by atoms with E-state index in [0.717, 1.165) is 29.9 Å². The van der Waals surface area contributed by atoms with Gasteiger partial charge in [-0.15, -0.1) is 0 Å². The third kappa shape index (κ3) is 3.87. The molecule has 3 rings (SSSR count). The first-order valence-corrected chi connectivity index (χ1v) is 8.68. The molecule has 132 valence electrons. The van der Waals surface area contributed by atoms with Crippen molar-refractivity contribution in [2.45, 2.75) is 25.9 Å². The smallest absolute Gasteiger partial charge is 0.226 e. The van der Waals surface area contributed by atoms with Gasteiger partial charge in [0.05, 0.1) is 18.8 Å². The highest BCUT2D eigenvalue weighted by Gasteiger charge is 2.31. The van der Waals surface area contributed by atoms with Crippen LogP contribution in [0.2, 0.25) is 0 Å². The van der Waals surface area contributed by atoms with Gasteiger partial charge in [0, 0.05) is 51.2 Å². The number of hydrogen-bond acceptors (Lipinski definition) is 5. The summed E-state index contributed by atoms with van der Waals surface area (Å²) in [5.74, 6) is 0.340. The molecule has 1 aromatic heterocycles. The molecule has 2 aliphatic rings. The average Bonchev–Trinajstić information content (AvgIpc) is 2.61. The van der Waals surface area contributed by atoms with Gasteiger partial charge in [-0.2, -0.15) is 0 Å². The molecule has 0 aliphatic carbocycles. The molecule has 2 fully saturated rings. The van der Waals surface area contributed by atoms with Crippen LogP contribution in [0.15, 0.2) is 12.1 Å². The Balaban J connectivity index is 1.72. The van der Waals surface area contributed by atoms with Crippen molar-refractivity contribution in [2.75, 3.05) is 51.9 Å². The fourth-order valence-corrected chi connectivity index (χ4v) is 3.33. The second kappa shape index (κ2) is 7.49. The number of aryl methyl sites for hydroxylation is 1. The number of morpholine rings is 1. The number of hydrogen-bond donors (Lipinski definition) is 0. The van der Waals surface area contributed by atoms with E-state index in [1.54, 1.807) is 0 Å². The van der Waals surface area contributed by atoms with Crippen LogP contribution in [0, 0.1) is 12.8 Å². The minimum atomic E-state index is -0.152. The van der Waals surface area contributed by atoms with Gasteiger partial charge in [0.1, 0.15) is 6.10 Å². The summed E-state index contributed by atoms with van der Waals surface area (Å²) in [5.41, 5.74) is 2.98. The molecule has 1 aromatic rings. The van der Waals surface area contributed by atoms with Crippen LogP contribution in [-0.4, -0.2) is 62.8 Å². The maximum Gasteiger partial charge on any atom is 0.226 e. The van der Waals surface area contributed by atoms with E-state index in [0.29, 0.717) is 32.9 Å². The number of ether oxygens (including phenoxy) is 2. The molecule has 2 aliphatic heterocycles. The second-order valence-corrected chi connectivity index (χ2v) is 6.82. The van der Waals surface area contributed by atoms with Crippen LogP contribution in [0.4, 0.5) is 5.69 Å². The van der Waals surface area contributed by atoms with E-state index in [9.17, 15) is 4.79 Å². The van der Waals surface area contributed by atoms with Gasteiger partial charge in [-0.3, -0.25) is 9.78 Å². The summed E-state index contributed by atoms with van der Waals surface area (Å²) in [4.78, 5) is 21.4. The largest absolute Gasteiger partial charge is 0.381 e. The van der Waals surface area contributed by atoms with Crippen molar-refractivity contribution in [2.24, 2.45) is 5.92 Å². The van der Waals surface area contributed by atoms with Crippen molar-refractivity contribution in [3.05, 3.63) is 23.5 Å². The lowest BCUT2D eigenvalue weighted by molar-refractivity contribution is -0.146. The molecule has 0 spiro atoms. The summed E-state index contributed by atoms with van der Waals surface area (Å²) in [6.07, 6.45) is 1.50. The third-order valence-electron chi connectivity index (χ3n) is 4.75. The van der Waals surface area contributed by atoms with E-state index in [2.05, 4.69) is 22.0 Å². The van der Waals surface area contributed by atoms with Crippen LogP contribution in [0.3, 0.4) is 0 Å². The van der Waals surface area contributed by atoms with Gasteiger partial charge in [-0.05, 0) is 31.9 Å². The van der Waals surface area contributed by atoms with E-state index in [1.165, 1.54) is 0 Å². The topological polar surface area (TPSA) is 54.9 Å².